The fourth-order valence-electron chi connectivity index (χ4n) is 2.17. The summed E-state index contributed by atoms with van der Waals surface area (Å²) in [7, 11) is 2.01. The highest BCUT2D eigenvalue weighted by molar-refractivity contribution is 7.80. The van der Waals surface area contributed by atoms with Gasteiger partial charge < -0.3 is 10.2 Å². The van der Waals surface area contributed by atoms with E-state index in [-0.39, 0.29) is 0 Å². The lowest BCUT2D eigenvalue weighted by Crippen LogP contribution is -2.30. The first kappa shape index (κ1) is 15.5. The van der Waals surface area contributed by atoms with Crippen LogP contribution in [0.3, 0.4) is 0 Å². The molecule has 3 heteroatoms. The number of thiocarbonyl (C=S) groups is 1. The Morgan fingerprint density at radius 2 is 1.76 bits per heavy atom. The van der Waals surface area contributed by atoms with Crippen molar-refractivity contribution >= 4 is 23.0 Å². The van der Waals surface area contributed by atoms with Crippen LogP contribution >= 0.6 is 12.2 Å². The summed E-state index contributed by atoms with van der Waals surface area (Å²) in [5, 5.41) is 4.02. The standard InChI is InChI=1S/C18H22N2S/c1-4-15-8-10-16(11-9-15)13-20(3)18(21)19-17-7-5-6-14(2)12-17/h5-12H,4,13H2,1-3H3,(H,19,21). The van der Waals surface area contributed by atoms with E-state index in [1.165, 1.54) is 16.7 Å². The van der Waals surface area contributed by atoms with E-state index >= 15 is 0 Å². The van der Waals surface area contributed by atoms with Crippen molar-refractivity contribution in [3.8, 4) is 0 Å². The van der Waals surface area contributed by atoms with Crippen LogP contribution in [-0.4, -0.2) is 17.1 Å². The molecule has 0 aliphatic heterocycles. The second-order valence-corrected chi connectivity index (χ2v) is 5.71. The van der Waals surface area contributed by atoms with Gasteiger partial charge in [0, 0.05) is 19.3 Å². The predicted octanol–water partition coefficient (Wildman–Crippen LogP) is 4.39. The number of rotatable bonds is 4. The molecule has 0 radical (unpaired) electrons. The first-order valence-corrected chi connectivity index (χ1v) is 7.66. The Hall–Kier alpha value is -1.87. The van der Waals surface area contributed by atoms with Gasteiger partial charge in [0.05, 0.1) is 0 Å². The average Bonchev–Trinajstić information content (AvgIpc) is 2.48. The molecule has 0 saturated heterocycles. The van der Waals surface area contributed by atoms with Crippen LogP contribution in [0.1, 0.15) is 23.6 Å². The number of anilines is 1. The van der Waals surface area contributed by atoms with Gasteiger partial charge in [-0.1, -0.05) is 43.3 Å². The van der Waals surface area contributed by atoms with Gasteiger partial charge in [0.25, 0.3) is 0 Å². The van der Waals surface area contributed by atoms with Crippen LogP contribution in [0, 0.1) is 6.92 Å². The van der Waals surface area contributed by atoms with Gasteiger partial charge in [0.2, 0.25) is 0 Å². The molecule has 2 nitrogen and oxygen atoms in total. The minimum atomic E-state index is 0.736. The van der Waals surface area contributed by atoms with E-state index in [0.29, 0.717) is 0 Å². The Morgan fingerprint density at radius 3 is 2.38 bits per heavy atom. The van der Waals surface area contributed by atoms with Gasteiger partial charge in [-0.25, -0.2) is 0 Å². The molecule has 2 rings (SSSR count). The van der Waals surface area contributed by atoms with Crippen LogP contribution in [0.2, 0.25) is 0 Å². The second-order valence-electron chi connectivity index (χ2n) is 5.33. The maximum atomic E-state index is 5.46. The summed E-state index contributed by atoms with van der Waals surface area (Å²) in [6.45, 7) is 5.05. The topological polar surface area (TPSA) is 15.3 Å². The van der Waals surface area contributed by atoms with Crippen molar-refractivity contribution in [2.45, 2.75) is 26.8 Å². The van der Waals surface area contributed by atoms with E-state index in [1.54, 1.807) is 0 Å². The van der Waals surface area contributed by atoms with Crippen LogP contribution in [0.15, 0.2) is 48.5 Å². The molecule has 0 aliphatic rings. The summed E-state index contributed by atoms with van der Waals surface area (Å²) in [5.41, 5.74) is 4.89. The van der Waals surface area contributed by atoms with Crippen LogP contribution in [-0.2, 0) is 13.0 Å². The quantitative estimate of drug-likeness (QED) is 0.843. The average molecular weight is 298 g/mol. The molecule has 1 N–H and O–H groups in total. The zero-order valence-corrected chi connectivity index (χ0v) is 13.7. The molecule has 0 bridgehead atoms. The third-order valence-corrected chi connectivity index (χ3v) is 3.88. The molecule has 21 heavy (non-hydrogen) atoms. The normalized spacial score (nSPS) is 10.2. The van der Waals surface area contributed by atoms with Crippen molar-refractivity contribution in [3.05, 3.63) is 65.2 Å². The summed E-state index contributed by atoms with van der Waals surface area (Å²) in [6, 6.07) is 16.9. The number of hydrogen-bond acceptors (Lipinski definition) is 1. The summed E-state index contributed by atoms with van der Waals surface area (Å²) in [6.07, 6.45) is 1.07. The largest absolute Gasteiger partial charge is 0.348 e. The highest BCUT2D eigenvalue weighted by Crippen LogP contribution is 2.12. The molecule has 2 aromatic rings. The molecule has 0 aliphatic carbocycles. The van der Waals surface area contributed by atoms with Gasteiger partial charge in [0.1, 0.15) is 0 Å². The smallest absolute Gasteiger partial charge is 0.173 e. The predicted molar refractivity (Wildman–Crippen MR) is 94.7 cm³/mol. The van der Waals surface area contributed by atoms with Gasteiger partial charge >= 0.3 is 0 Å². The Balaban J connectivity index is 1.95. The molecular formula is C18H22N2S. The van der Waals surface area contributed by atoms with Crippen LogP contribution in [0.25, 0.3) is 0 Å². The first-order chi connectivity index (χ1) is 10.1. The second kappa shape index (κ2) is 7.23. The summed E-state index contributed by atoms with van der Waals surface area (Å²) in [5.74, 6) is 0. The van der Waals surface area contributed by atoms with Gasteiger partial charge in [0.15, 0.2) is 5.11 Å². The highest BCUT2D eigenvalue weighted by Gasteiger charge is 2.06. The number of benzene rings is 2. The third kappa shape index (κ3) is 4.57. The van der Waals surface area contributed by atoms with Gasteiger partial charge in [-0.05, 0) is 54.4 Å². The maximum Gasteiger partial charge on any atom is 0.173 e. The molecule has 0 unspecified atom stereocenters. The van der Waals surface area contributed by atoms with Crippen molar-refractivity contribution < 1.29 is 0 Å². The van der Waals surface area contributed by atoms with Gasteiger partial charge in [-0.3, -0.25) is 0 Å². The number of hydrogen-bond donors (Lipinski definition) is 1. The molecule has 0 fully saturated rings. The molecule has 0 heterocycles. The maximum absolute atomic E-state index is 5.46. The minimum absolute atomic E-state index is 0.736. The van der Waals surface area contributed by atoms with Gasteiger partial charge in [-0.15, -0.1) is 0 Å². The zero-order valence-electron chi connectivity index (χ0n) is 12.9. The molecule has 0 spiro atoms. The van der Waals surface area contributed by atoms with E-state index in [9.17, 15) is 0 Å². The lowest BCUT2D eigenvalue weighted by molar-refractivity contribution is 0.508. The van der Waals surface area contributed by atoms with E-state index in [1.807, 2.05) is 19.2 Å². The minimum Gasteiger partial charge on any atom is -0.348 e. The Bertz CT molecular complexity index is 605. The Kier molecular flexibility index (Phi) is 5.34. The zero-order chi connectivity index (χ0) is 15.2. The lowest BCUT2D eigenvalue weighted by Gasteiger charge is -2.21. The van der Waals surface area contributed by atoms with E-state index in [4.69, 9.17) is 12.2 Å². The van der Waals surface area contributed by atoms with Gasteiger partial charge in [-0.2, -0.15) is 0 Å². The molecule has 110 valence electrons. The van der Waals surface area contributed by atoms with E-state index < -0.39 is 0 Å². The first-order valence-electron chi connectivity index (χ1n) is 7.25. The molecule has 0 amide bonds. The van der Waals surface area contributed by atoms with E-state index in [2.05, 4.69) is 60.5 Å². The molecule has 0 saturated carbocycles. The molecule has 0 aromatic heterocycles. The van der Waals surface area contributed by atoms with Crippen molar-refractivity contribution in [1.29, 1.82) is 0 Å². The lowest BCUT2D eigenvalue weighted by atomic mass is 10.1. The molecule has 2 aromatic carbocycles. The Labute approximate surface area is 132 Å². The highest BCUT2D eigenvalue weighted by atomic mass is 32.1. The fourth-order valence-corrected chi connectivity index (χ4v) is 2.35. The van der Waals surface area contributed by atoms with Crippen LogP contribution < -0.4 is 5.32 Å². The van der Waals surface area contributed by atoms with Crippen molar-refractivity contribution in [2.75, 3.05) is 12.4 Å². The van der Waals surface area contributed by atoms with Crippen molar-refractivity contribution in [2.24, 2.45) is 0 Å². The van der Waals surface area contributed by atoms with Crippen molar-refractivity contribution in [3.63, 3.8) is 0 Å². The Morgan fingerprint density at radius 1 is 1.10 bits per heavy atom. The third-order valence-electron chi connectivity index (χ3n) is 3.47. The number of nitrogens with one attached hydrogen (secondary N) is 1. The van der Waals surface area contributed by atoms with Crippen LogP contribution in [0.4, 0.5) is 5.69 Å². The van der Waals surface area contributed by atoms with Crippen LogP contribution in [0.5, 0.6) is 0 Å². The van der Waals surface area contributed by atoms with E-state index in [0.717, 1.165) is 23.8 Å². The molecular weight excluding hydrogens is 276 g/mol. The monoisotopic (exact) mass is 298 g/mol. The SMILES string of the molecule is CCc1ccc(CN(C)C(=S)Nc2cccc(C)c2)cc1. The summed E-state index contributed by atoms with van der Waals surface area (Å²) in [4.78, 5) is 2.05. The summed E-state index contributed by atoms with van der Waals surface area (Å²) >= 11 is 5.46. The number of nitrogens with zero attached hydrogens (tertiary/aromatic N) is 1. The number of aryl methyl sites for hydroxylation is 2. The molecule has 0 atom stereocenters. The summed E-state index contributed by atoms with van der Waals surface area (Å²) < 4.78 is 0. The van der Waals surface area contributed by atoms with Crippen molar-refractivity contribution in [1.82, 2.24) is 4.90 Å². The fraction of sp³-hybridized carbons (Fsp3) is 0.278.